The molecule has 21 heavy (non-hydrogen) atoms. The summed E-state index contributed by atoms with van der Waals surface area (Å²) in [7, 11) is 0. The fourth-order valence-corrected chi connectivity index (χ4v) is 2.53. The second kappa shape index (κ2) is 5.89. The maximum absolute atomic E-state index is 12.2. The largest absolute Gasteiger partial charge is 0.459 e. The Morgan fingerprint density at radius 3 is 2.57 bits per heavy atom. The molecule has 2 aromatic carbocycles. The van der Waals surface area contributed by atoms with Crippen LogP contribution in [-0.2, 0) is 0 Å². The number of halogens is 1. The van der Waals surface area contributed by atoms with Crippen molar-refractivity contribution in [1.82, 2.24) is 5.32 Å². The van der Waals surface area contributed by atoms with Crippen molar-refractivity contribution in [1.29, 1.82) is 0 Å². The van der Waals surface area contributed by atoms with Gasteiger partial charge in [0, 0.05) is 14.5 Å². The number of nitrogens with one attached hydrogen (secondary N) is 1. The van der Waals surface area contributed by atoms with Gasteiger partial charge in [-0.3, -0.25) is 4.79 Å². The number of para-hydroxylation sites is 1. The Morgan fingerprint density at radius 1 is 1.14 bits per heavy atom. The van der Waals surface area contributed by atoms with Crippen molar-refractivity contribution in [2.45, 2.75) is 13.0 Å². The summed E-state index contributed by atoms with van der Waals surface area (Å²) < 4.78 is 6.88. The first-order valence-corrected chi connectivity index (χ1v) is 7.76. The minimum absolute atomic E-state index is 0.0978. The highest BCUT2D eigenvalue weighted by atomic mass is 127. The van der Waals surface area contributed by atoms with Crippen LogP contribution >= 0.6 is 22.6 Å². The van der Waals surface area contributed by atoms with Crippen LogP contribution in [0.3, 0.4) is 0 Å². The lowest BCUT2D eigenvalue weighted by Gasteiger charge is -2.11. The maximum Gasteiger partial charge on any atom is 0.251 e. The smallest absolute Gasteiger partial charge is 0.251 e. The van der Waals surface area contributed by atoms with E-state index >= 15 is 0 Å². The molecule has 0 radical (unpaired) electrons. The monoisotopic (exact) mass is 391 g/mol. The average Bonchev–Trinajstić information content (AvgIpc) is 2.92. The van der Waals surface area contributed by atoms with Crippen LogP contribution in [0.15, 0.2) is 59.0 Å². The zero-order valence-corrected chi connectivity index (χ0v) is 13.6. The Hall–Kier alpha value is -1.82. The van der Waals surface area contributed by atoms with Crippen molar-refractivity contribution in [3.8, 4) is 0 Å². The van der Waals surface area contributed by atoms with Gasteiger partial charge in [0.1, 0.15) is 11.3 Å². The van der Waals surface area contributed by atoms with Gasteiger partial charge in [0.2, 0.25) is 0 Å². The van der Waals surface area contributed by atoms with E-state index in [9.17, 15) is 4.79 Å². The molecule has 3 rings (SSSR count). The summed E-state index contributed by atoms with van der Waals surface area (Å²) in [6, 6.07) is 17.1. The minimum atomic E-state index is -0.177. The molecule has 1 amide bonds. The molecular formula is C17H14INO2. The summed E-state index contributed by atoms with van der Waals surface area (Å²) in [4.78, 5) is 12.2. The van der Waals surface area contributed by atoms with Gasteiger partial charge < -0.3 is 9.73 Å². The van der Waals surface area contributed by atoms with E-state index in [1.807, 2.05) is 61.5 Å². The van der Waals surface area contributed by atoms with Crippen LogP contribution in [0.4, 0.5) is 0 Å². The average molecular weight is 391 g/mol. The highest BCUT2D eigenvalue weighted by Gasteiger charge is 2.15. The summed E-state index contributed by atoms with van der Waals surface area (Å²) in [6.07, 6.45) is 0. The van der Waals surface area contributed by atoms with E-state index in [4.69, 9.17) is 4.42 Å². The molecule has 0 aliphatic rings. The molecule has 0 aliphatic heterocycles. The summed E-state index contributed by atoms with van der Waals surface area (Å²) in [5, 5.41) is 4.00. The Morgan fingerprint density at radius 2 is 1.86 bits per heavy atom. The molecule has 106 valence electrons. The number of benzene rings is 2. The fraction of sp³-hybridized carbons (Fsp3) is 0.118. The molecule has 1 heterocycles. The number of amides is 1. The summed E-state index contributed by atoms with van der Waals surface area (Å²) in [5.41, 5.74) is 1.49. The van der Waals surface area contributed by atoms with Crippen LogP contribution in [0.5, 0.6) is 0 Å². The predicted molar refractivity (Wildman–Crippen MR) is 91.3 cm³/mol. The van der Waals surface area contributed by atoms with E-state index in [1.165, 1.54) is 0 Å². The van der Waals surface area contributed by atoms with Crippen LogP contribution in [0.1, 0.15) is 29.1 Å². The second-order valence-electron chi connectivity index (χ2n) is 4.89. The van der Waals surface area contributed by atoms with Crippen molar-refractivity contribution in [2.24, 2.45) is 0 Å². The Balaban J connectivity index is 1.77. The molecule has 0 fully saturated rings. The lowest BCUT2D eigenvalue weighted by atomic mass is 10.2. The number of fused-ring (bicyclic) bond motifs is 1. The molecule has 0 saturated heterocycles. The van der Waals surface area contributed by atoms with Crippen LogP contribution in [-0.4, -0.2) is 5.91 Å². The molecule has 1 N–H and O–H groups in total. The molecule has 0 saturated carbocycles. The summed E-state index contributed by atoms with van der Waals surface area (Å²) in [6.45, 7) is 1.92. The number of furan rings is 1. The van der Waals surface area contributed by atoms with Crippen molar-refractivity contribution in [3.05, 3.63) is 69.5 Å². The Kier molecular flexibility index (Phi) is 3.96. The Labute approximate surface area is 136 Å². The SMILES string of the molecule is CC(NC(=O)c1ccc(I)cc1)c1cc2ccccc2o1. The van der Waals surface area contributed by atoms with E-state index in [1.54, 1.807) is 0 Å². The molecular weight excluding hydrogens is 377 g/mol. The molecule has 3 aromatic rings. The van der Waals surface area contributed by atoms with Gasteiger partial charge in [0.15, 0.2) is 0 Å². The maximum atomic E-state index is 12.2. The van der Waals surface area contributed by atoms with Crippen LogP contribution < -0.4 is 5.32 Å². The quantitative estimate of drug-likeness (QED) is 0.667. The third kappa shape index (κ3) is 3.10. The van der Waals surface area contributed by atoms with Crippen molar-refractivity contribution in [3.63, 3.8) is 0 Å². The lowest BCUT2D eigenvalue weighted by Crippen LogP contribution is -2.26. The number of hydrogen-bond acceptors (Lipinski definition) is 2. The molecule has 1 atom stereocenters. The van der Waals surface area contributed by atoms with Crippen molar-refractivity contribution >= 4 is 39.5 Å². The predicted octanol–water partition coefficient (Wildman–Crippen LogP) is 4.53. The summed E-state index contributed by atoms with van der Waals surface area (Å²) >= 11 is 2.22. The normalized spacial score (nSPS) is 12.3. The molecule has 0 aliphatic carbocycles. The number of carbonyl (C=O) groups is 1. The molecule has 3 nitrogen and oxygen atoms in total. The van der Waals surface area contributed by atoms with Gasteiger partial charge in [-0.25, -0.2) is 0 Å². The standard InChI is InChI=1S/C17H14INO2/c1-11(16-10-13-4-2-3-5-15(13)21-16)19-17(20)12-6-8-14(18)9-7-12/h2-11H,1H3,(H,19,20). The van der Waals surface area contributed by atoms with Gasteiger partial charge in [0.05, 0.1) is 6.04 Å². The molecule has 0 spiro atoms. The molecule has 1 unspecified atom stereocenters. The van der Waals surface area contributed by atoms with E-state index in [0.717, 1.165) is 20.3 Å². The van der Waals surface area contributed by atoms with Gasteiger partial charge in [-0.05, 0) is 65.9 Å². The number of rotatable bonds is 3. The Bertz CT molecular complexity index is 744. The second-order valence-corrected chi connectivity index (χ2v) is 6.13. The van der Waals surface area contributed by atoms with Gasteiger partial charge in [0.25, 0.3) is 5.91 Å². The molecule has 1 aromatic heterocycles. The first-order chi connectivity index (χ1) is 10.1. The third-order valence-corrected chi connectivity index (χ3v) is 4.04. The minimum Gasteiger partial charge on any atom is -0.459 e. The third-order valence-electron chi connectivity index (χ3n) is 3.33. The number of carbonyl (C=O) groups excluding carboxylic acids is 1. The summed E-state index contributed by atoms with van der Waals surface area (Å²) in [5.74, 6) is 0.661. The zero-order valence-electron chi connectivity index (χ0n) is 11.5. The highest BCUT2D eigenvalue weighted by molar-refractivity contribution is 14.1. The van der Waals surface area contributed by atoms with Gasteiger partial charge in [-0.15, -0.1) is 0 Å². The topological polar surface area (TPSA) is 42.2 Å². The fourth-order valence-electron chi connectivity index (χ4n) is 2.17. The van der Waals surface area contributed by atoms with E-state index in [0.29, 0.717) is 5.56 Å². The van der Waals surface area contributed by atoms with Crippen LogP contribution in [0, 0.1) is 3.57 Å². The lowest BCUT2D eigenvalue weighted by molar-refractivity contribution is 0.0935. The van der Waals surface area contributed by atoms with Gasteiger partial charge in [-0.1, -0.05) is 18.2 Å². The van der Waals surface area contributed by atoms with Crippen LogP contribution in [0.25, 0.3) is 11.0 Å². The zero-order chi connectivity index (χ0) is 14.8. The first kappa shape index (κ1) is 14.1. The molecule has 0 bridgehead atoms. The van der Waals surface area contributed by atoms with Crippen LogP contribution in [0.2, 0.25) is 0 Å². The van der Waals surface area contributed by atoms with E-state index in [-0.39, 0.29) is 11.9 Å². The molecule has 4 heteroatoms. The first-order valence-electron chi connectivity index (χ1n) is 6.68. The van der Waals surface area contributed by atoms with Gasteiger partial charge in [-0.2, -0.15) is 0 Å². The van der Waals surface area contributed by atoms with E-state index < -0.39 is 0 Å². The number of hydrogen-bond donors (Lipinski definition) is 1. The van der Waals surface area contributed by atoms with Crippen molar-refractivity contribution in [2.75, 3.05) is 0 Å². The van der Waals surface area contributed by atoms with Gasteiger partial charge >= 0.3 is 0 Å². The highest BCUT2D eigenvalue weighted by Crippen LogP contribution is 2.23. The van der Waals surface area contributed by atoms with E-state index in [2.05, 4.69) is 27.9 Å². The van der Waals surface area contributed by atoms with Crippen molar-refractivity contribution < 1.29 is 9.21 Å².